The van der Waals surface area contributed by atoms with Crippen LogP contribution in [0.2, 0.25) is 0 Å². The van der Waals surface area contributed by atoms with E-state index < -0.39 is 12.1 Å². The Hall–Kier alpha value is -1.92. The minimum absolute atomic E-state index is 0.00500. The Labute approximate surface area is 494 Å². The standard InChI is InChI=1S/C73H139NO5/c1-3-5-7-9-11-13-15-17-42-45-49-53-57-61-65-71(76)70(69-75)74-72(77)66-62-58-54-50-46-43-39-37-35-33-31-29-27-25-23-21-19-18-20-22-24-26-28-30-32-34-36-38-40-44-48-52-56-60-64-68-79-73(78)67-63-59-55-51-47-41-16-14-12-10-8-6-4-2/h8,10,14,16,20,22,70-71,75-76H,3-7,9,11-13,15,17-19,21,23-69H2,1-2H3,(H,74,77)/b10-8-,16-14-,22-20-. The Kier molecular flexibility index (Phi) is 66.9. The molecule has 0 aliphatic heterocycles. The van der Waals surface area contributed by atoms with E-state index in [1.165, 1.54) is 308 Å². The molecule has 0 rings (SSSR count). The van der Waals surface area contributed by atoms with Gasteiger partial charge in [-0.1, -0.05) is 339 Å². The summed E-state index contributed by atoms with van der Waals surface area (Å²) in [6, 6.07) is -0.538. The molecule has 0 aromatic rings. The van der Waals surface area contributed by atoms with Crippen LogP contribution in [0, 0.1) is 0 Å². The third-order valence-electron chi connectivity index (χ3n) is 16.6. The Balaban J connectivity index is 3.33. The second kappa shape index (κ2) is 68.6. The molecule has 2 unspecified atom stereocenters. The van der Waals surface area contributed by atoms with E-state index in [1.807, 2.05) is 0 Å². The molecule has 6 heteroatoms. The number of ether oxygens (including phenoxy) is 1. The van der Waals surface area contributed by atoms with Crippen molar-refractivity contribution in [3.05, 3.63) is 36.5 Å². The van der Waals surface area contributed by atoms with Gasteiger partial charge in [-0.05, 0) is 77.0 Å². The molecule has 1 amide bonds. The van der Waals surface area contributed by atoms with Crippen LogP contribution in [-0.2, 0) is 14.3 Å². The summed E-state index contributed by atoms with van der Waals surface area (Å²) in [5, 5.41) is 23.3. The molecule has 0 saturated carbocycles. The summed E-state index contributed by atoms with van der Waals surface area (Å²) in [4.78, 5) is 24.5. The first-order valence-electron chi connectivity index (χ1n) is 35.7. The van der Waals surface area contributed by atoms with Gasteiger partial charge in [-0.15, -0.1) is 0 Å². The van der Waals surface area contributed by atoms with E-state index >= 15 is 0 Å². The number of carbonyl (C=O) groups is 2. The number of allylic oxidation sites excluding steroid dienone is 6. The number of esters is 1. The second-order valence-electron chi connectivity index (χ2n) is 24.6. The van der Waals surface area contributed by atoms with Crippen LogP contribution in [0.3, 0.4) is 0 Å². The van der Waals surface area contributed by atoms with Gasteiger partial charge in [0.15, 0.2) is 0 Å². The summed E-state index contributed by atoms with van der Waals surface area (Å²) in [5.74, 6) is -0.0241. The number of hydrogen-bond donors (Lipinski definition) is 3. The summed E-state index contributed by atoms with van der Waals surface area (Å²) >= 11 is 0. The van der Waals surface area contributed by atoms with Crippen LogP contribution in [0.25, 0.3) is 0 Å². The summed E-state index contributed by atoms with van der Waals surface area (Å²) in [7, 11) is 0. The predicted octanol–water partition coefficient (Wildman–Crippen LogP) is 23.1. The molecule has 3 N–H and O–H groups in total. The third kappa shape index (κ3) is 65.1. The Morgan fingerprint density at radius 3 is 1.03 bits per heavy atom. The van der Waals surface area contributed by atoms with Gasteiger partial charge in [0, 0.05) is 12.8 Å². The molecule has 0 aromatic carbocycles. The fourth-order valence-corrected chi connectivity index (χ4v) is 11.2. The van der Waals surface area contributed by atoms with Gasteiger partial charge < -0.3 is 20.3 Å². The van der Waals surface area contributed by atoms with Crippen molar-refractivity contribution in [2.75, 3.05) is 13.2 Å². The largest absolute Gasteiger partial charge is 0.466 e. The van der Waals surface area contributed by atoms with E-state index in [0.29, 0.717) is 25.9 Å². The topological polar surface area (TPSA) is 95.9 Å². The highest BCUT2D eigenvalue weighted by Gasteiger charge is 2.20. The van der Waals surface area contributed by atoms with Crippen LogP contribution in [0.1, 0.15) is 393 Å². The number of aliphatic hydroxyl groups excluding tert-OH is 2. The normalized spacial score (nSPS) is 12.7. The van der Waals surface area contributed by atoms with Crippen molar-refractivity contribution < 1.29 is 24.5 Å². The Morgan fingerprint density at radius 1 is 0.354 bits per heavy atom. The molecular weight excluding hydrogens is 971 g/mol. The average molecular weight is 1110 g/mol. The molecule has 0 bridgehead atoms. The van der Waals surface area contributed by atoms with Gasteiger partial charge in [0.1, 0.15) is 0 Å². The van der Waals surface area contributed by atoms with Gasteiger partial charge in [-0.25, -0.2) is 0 Å². The van der Waals surface area contributed by atoms with Crippen molar-refractivity contribution in [1.29, 1.82) is 0 Å². The minimum atomic E-state index is -0.661. The summed E-state index contributed by atoms with van der Waals surface area (Å²) < 4.78 is 5.48. The van der Waals surface area contributed by atoms with E-state index in [0.717, 1.165) is 51.4 Å². The van der Waals surface area contributed by atoms with E-state index in [4.69, 9.17) is 4.74 Å². The summed E-state index contributed by atoms with van der Waals surface area (Å²) in [5.41, 5.74) is 0. The van der Waals surface area contributed by atoms with Gasteiger partial charge >= 0.3 is 5.97 Å². The fraction of sp³-hybridized carbons (Fsp3) is 0.890. The maximum atomic E-state index is 12.5. The first-order valence-corrected chi connectivity index (χ1v) is 35.7. The average Bonchev–Trinajstić information content (AvgIpc) is 3.45. The van der Waals surface area contributed by atoms with Gasteiger partial charge in [-0.3, -0.25) is 9.59 Å². The van der Waals surface area contributed by atoms with Gasteiger partial charge in [0.2, 0.25) is 5.91 Å². The second-order valence-corrected chi connectivity index (χ2v) is 24.6. The summed E-state index contributed by atoms with van der Waals surface area (Å²) in [6.45, 7) is 4.91. The minimum Gasteiger partial charge on any atom is -0.466 e. The number of carbonyl (C=O) groups excluding carboxylic acids is 2. The van der Waals surface area contributed by atoms with Crippen LogP contribution in [0.4, 0.5) is 0 Å². The molecule has 0 spiro atoms. The van der Waals surface area contributed by atoms with Gasteiger partial charge in [0.25, 0.3) is 0 Å². The van der Waals surface area contributed by atoms with Crippen molar-refractivity contribution in [3.8, 4) is 0 Å². The van der Waals surface area contributed by atoms with Crippen LogP contribution in [-0.4, -0.2) is 47.4 Å². The molecule has 0 aliphatic rings. The smallest absolute Gasteiger partial charge is 0.305 e. The van der Waals surface area contributed by atoms with Crippen molar-refractivity contribution >= 4 is 11.9 Å². The van der Waals surface area contributed by atoms with E-state index in [1.54, 1.807) is 0 Å². The van der Waals surface area contributed by atoms with E-state index in [2.05, 4.69) is 55.6 Å². The van der Waals surface area contributed by atoms with Crippen molar-refractivity contribution in [1.82, 2.24) is 5.32 Å². The molecule has 6 nitrogen and oxygen atoms in total. The van der Waals surface area contributed by atoms with Crippen LogP contribution < -0.4 is 5.32 Å². The first kappa shape index (κ1) is 77.1. The zero-order valence-corrected chi connectivity index (χ0v) is 53.4. The Morgan fingerprint density at radius 2 is 0.658 bits per heavy atom. The maximum Gasteiger partial charge on any atom is 0.305 e. The highest BCUT2D eigenvalue weighted by atomic mass is 16.5. The zero-order valence-electron chi connectivity index (χ0n) is 53.4. The van der Waals surface area contributed by atoms with Crippen LogP contribution in [0.5, 0.6) is 0 Å². The van der Waals surface area contributed by atoms with Crippen molar-refractivity contribution in [2.45, 2.75) is 405 Å². The molecule has 2 atom stereocenters. The van der Waals surface area contributed by atoms with Crippen LogP contribution in [0.15, 0.2) is 36.5 Å². The SMILES string of the molecule is CCC/C=C\C/C=C\CCCCCCCC(=O)OCCCCCCCCCCCCCCCC/C=C\CCCCCCCCCCCCCCCCCCCC(=O)NC(CO)C(O)CCCCCCCCCCCCCCCC. The number of rotatable bonds is 67. The van der Waals surface area contributed by atoms with Gasteiger partial charge in [-0.2, -0.15) is 0 Å². The lowest BCUT2D eigenvalue weighted by Gasteiger charge is -2.22. The first-order chi connectivity index (χ1) is 39.0. The highest BCUT2D eigenvalue weighted by molar-refractivity contribution is 5.76. The van der Waals surface area contributed by atoms with Crippen molar-refractivity contribution in [3.63, 3.8) is 0 Å². The lowest BCUT2D eigenvalue weighted by molar-refractivity contribution is -0.143. The van der Waals surface area contributed by atoms with E-state index in [-0.39, 0.29) is 18.5 Å². The summed E-state index contributed by atoms with van der Waals surface area (Å²) in [6.07, 6.45) is 87.8. The molecule has 0 saturated heterocycles. The molecule has 0 radical (unpaired) electrons. The molecular formula is C73H139NO5. The zero-order chi connectivity index (χ0) is 57.1. The molecule has 0 heterocycles. The highest BCUT2D eigenvalue weighted by Crippen LogP contribution is 2.19. The van der Waals surface area contributed by atoms with E-state index in [9.17, 15) is 19.8 Å². The predicted molar refractivity (Wildman–Crippen MR) is 347 cm³/mol. The number of amides is 1. The molecule has 466 valence electrons. The quantitative estimate of drug-likeness (QED) is 0.0320. The molecule has 0 fully saturated rings. The number of nitrogens with one attached hydrogen (secondary N) is 1. The maximum absolute atomic E-state index is 12.5. The number of hydrogen-bond acceptors (Lipinski definition) is 5. The van der Waals surface area contributed by atoms with Gasteiger partial charge in [0.05, 0.1) is 25.4 Å². The number of aliphatic hydroxyl groups is 2. The Bertz CT molecular complexity index is 1280. The number of unbranched alkanes of at least 4 members (excludes halogenated alkanes) is 50. The molecule has 0 aromatic heterocycles. The monoisotopic (exact) mass is 1110 g/mol. The molecule has 0 aliphatic carbocycles. The third-order valence-corrected chi connectivity index (χ3v) is 16.6. The fourth-order valence-electron chi connectivity index (χ4n) is 11.2. The lowest BCUT2D eigenvalue weighted by Crippen LogP contribution is -2.45. The van der Waals surface area contributed by atoms with Crippen molar-refractivity contribution in [2.24, 2.45) is 0 Å². The van der Waals surface area contributed by atoms with Crippen LogP contribution >= 0.6 is 0 Å². The molecule has 79 heavy (non-hydrogen) atoms. The lowest BCUT2D eigenvalue weighted by atomic mass is 10.0.